The SMILES string of the molecule is [Mo].[Mo].[Mo].[Mo].[Mo].[Mo].[Mo].[Mo].[O-2].[O-2].[O-2].[O-2].[O-2].[O-2].[O-2].[O-2].[O-2].[O-2].[O-2].[O-2].[O-2].[O-2].[O-2].[O-2].[O-2].[O-2].[O-2].[O-2].[O-2].[O-2].[O-2].[O-2].[O-2].[O-2].c1cc(-c2cc[nH+]cc2)cc[nH+]1.c1cc(-c2cc[nH+]cc2)cc[nH+]1. The maximum absolute atomic E-state index is 2.99. The van der Waals surface area contributed by atoms with E-state index >= 15 is 0 Å². The Bertz CT molecular complexity index is 769. The molecule has 372 valence electrons. The van der Waals surface area contributed by atoms with Crippen LogP contribution in [0.2, 0.25) is 0 Å². The summed E-state index contributed by atoms with van der Waals surface area (Å²) in [4.78, 5) is 12.0. The van der Waals surface area contributed by atoms with Crippen molar-refractivity contribution < 1.29 is 331 Å². The van der Waals surface area contributed by atoms with E-state index in [1.165, 1.54) is 22.3 Å². The van der Waals surface area contributed by atoms with Gasteiger partial charge in [0.05, 0.1) is 0 Å². The number of hydrogen-bond acceptors (Lipinski definition) is 0. The summed E-state index contributed by atoms with van der Waals surface area (Å²) in [5, 5.41) is 0. The molecule has 0 aliphatic carbocycles. The first kappa shape index (κ1) is 272. The van der Waals surface area contributed by atoms with Crippen molar-refractivity contribution in [3.8, 4) is 22.3 Å². The van der Waals surface area contributed by atoms with Crippen LogP contribution in [0.3, 0.4) is 0 Å². The van der Waals surface area contributed by atoms with Crippen LogP contribution in [0.5, 0.6) is 0 Å². The standard InChI is InChI=1S/2C10H8N2.8Mo.26O/c2*1-5-11-6-2-9(1)10-3-7-12-8-4-10;;;;;;;;;;;;;;;;;;;;;;;;;;;;;;;;;;/h2*1-8H;;;;;;;;;;;;;;;;;;;;;;;;;;;;;;;;;;/q;;;;;;;;;;26*-2/p+4. The second-order valence-electron chi connectivity index (χ2n) is 5.15. The van der Waals surface area contributed by atoms with E-state index in [0.717, 1.165) is 0 Å². The summed E-state index contributed by atoms with van der Waals surface area (Å²) in [5.74, 6) is 0. The molecule has 0 aliphatic heterocycles. The molecule has 0 amide bonds. The number of rotatable bonds is 2. The summed E-state index contributed by atoms with van der Waals surface area (Å²) >= 11 is 0. The Morgan fingerprint density at radius 1 is 0.155 bits per heavy atom. The van der Waals surface area contributed by atoms with Gasteiger partial charge in [-0.3, -0.25) is 0 Å². The molecular formula is C20H20Mo8N4O26-48. The van der Waals surface area contributed by atoms with Gasteiger partial charge < -0.3 is 142 Å². The van der Waals surface area contributed by atoms with Crippen LogP contribution in [0.4, 0.5) is 0 Å². The number of aromatic nitrogens is 4. The Hall–Kier alpha value is 1.07. The van der Waals surface area contributed by atoms with E-state index in [0.29, 0.717) is 0 Å². The molecule has 0 saturated carbocycles. The van der Waals surface area contributed by atoms with Crippen LogP contribution in [-0.4, -0.2) is 0 Å². The third-order valence-corrected chi connectivity index (χ3v) is 3.54. The normalized spacial score (nSPS) is 4.00. The first-order chi connectivity index (χ1) is 11.9. The molecule has 0 atom stereocenters. The Kier molecular flexibility index (Phi) is 811. The van der Waals surface area contributed by atoms with E-state index < -0.39 is 0 Å². The maximum atomic E-state index is 2.99. The molecule has 0 aliphatic rings. The summed E-state index contributed by atoms with van der Waals surface area (Å²) in [6, 6.07) is 16.4. The minimum absolute atomic E-state index is 0. The molecule has 0 unspecified atom stereocenters. The third kappa shape index (κ3) is 106. The van der Waals surface area contributed by atoms with Gasteiger partial charge in [0.15, 0.2) is 49.6 Å². The number of hydrogen-bond donors (Lipinski definition) is 0. The van der Waals surface area contributed by atoms with Crippen LogP contribution < -0.4 is 19.9 Å². The summed E-state index contributed by atoms with van der Waals surface area (Å²) < 4.78 is 0. The number of aromatic amines is 4. The second-order valence-corrected chi connectivity index (χ2v) is 5.15. The van der Waals surface area contributed by atoms with E-state index in [1.807, 2.05) is 49.6 Å². The Morgan fingerprint density at radius 3 is 0.293 bits per heavy atom. The van der Waals surface area contributed by atoms with Crippen LogP contribution >= 0.6 is 0 Å². The van der Waals surface area contributed by atoms with Gasteiger partial charge in [0.1, 0.15) is 0 Å². The topological polar surface area (TPSA) is 798 Å². The van der Waals surface area contributed by atoms with E-state index in [1.54, 1.807) is 0 Å². The van der Waals surface area contributed by atoms with Crippen molar-refractivity contribution in [2.75, 3.05) is 0 Å². The van der Waals surface area contributed by atoms with E-state index in [-0.39, 0.29) is 311 Å². The first-order valence-corrected chi connectivity index (χ1v) is 7.79. The number of H-pyrrole nitrogens is 4. The molecular weight excluding hydrogens is 1480 g/mol. The molecule has 30 nitrogen and oxygen atoms in total. The Labute approximate surface area is 446 Å². The molecule has 4 heterocycles. The van der Waals surface area contributed by atoms with E-state index in [2.05, 4.69) is 68.5 Å². The van der Waals surface area contributed by atoms with Crippen molar-refractivity contribution >= 4 is 0 Å². The Morgan fingerprint density at radius 2 is 0.224 bits per heavy atom. The molecule has 0 aromatic carbocycles. The molecule has 0 fully saturated rings. The molecule has 0 saturated heterocycles. The molecule has 58 heavy (non-hydrogen) atoms. The quantitative estimate of drug-likeness (QED) is 0.215. The molecule has 4 rings (SSSR count). The van der Waals surface area contributed by atoms with Crippen molar-refractivity contribution in [3.05, 3.63) is 98.1 Å². The van der Waals surface area contributed by atoms with Gasteiger partial charge in [0, 0.05) is 217 Å². The summed E-state index contributed by atoms with van der Waals surface area (Å²) in [6.45, 7) is 0. The number of pyridine rings is 4. The largest absolute Gasteiger partial charge is 2.00 e. The Balaban J connectivity index is -0.00000000490. The monoisotopic (exact) mass is 1520 g/mol. The van der Waals surface area contributed by atoms with Crippen LogP contribution in [0.15, 0.2) is 98.1 Å². The fourth-order valence-electron chi connectivity index (χ4n) is 2.32. The van der Waals surface area contributed by atoms with Gasteiger partial charge in [0.25, 0.3) is 0 Å². The zero-order valence-electron chi connectivity index (χ0n) is 27.1. The van der Waals surface area contributed by atoms with Crippen LogP contribution in [-0.2, 0) is 311 Å². The maximum Gasteiger partial charge on any atom is 0.167 e. The minimum atomic E-state index is 0. The van der Waals surface area contributed by atoms with E-state index in [9.17, 15) is 0 Å². The zero-order chi connectivity index (χ0) is 16.5. The number of nitrogens with one attached hydrogen (secondary N) is 4. The molecule has 4 aromatic heterocycles. The summed E-state index contributed by atoms with van der Waals surface area (Å²) in [6.07, 6.45) is 15.4. The zero-order valence-corrected chi connectivity index (χ0v) is 43.2. The van der Waals surface area contributed by atoms with Gasteiger partial charge in [-0.15, -0.1) is 0 Å². The van der Waals surface area contributed by atoms with Crippen molar-refractivity contribution in [1.82, 2.24) is 0 Å². The molecule has 0 bridgehead atoms. The van der Waals surface area contributed by atoms with Gasteiger partial charge in [-0.25, -0.2) is 19.9 Å². The van der Waals surface area contributed by atoms with Crippen LogP contribution in [0.1, 0.15) is 0 Å². The first-order valence-electron chi connectivity index (χ1n) is 7.79. The second kappa shape index (κ2) is 173. The predicted octanol–water partition coefficient (Wildman–Crippen LogP) is -1.15. The predicted molar refractivity (Wildman–Crippen MR) is 108 cm³/mol. The average Bonchev–Trinajstić information content (AvgIpc) is 2.71. The van der Waals surface area contributed by atoms with Crippen molar-refractivity contribution in [2.24, 2.45) is 0 Å². The van der Waals surface area contributed by atoms with E-state index in [4.69, 9.17) is 0 Å². The average molecular weight is 1500 g/mol. The van der Waals surface area contributed by atoms with Crippen molar-refractivity contribution in [2.45, 2.75) is 0 Å². The third-order valence-electron chi connectivity index (χ3n) is 3.54. The van der Waals surface area contributed by atoms with Gasteiger partial charge in [0.2, 0.25) is 0 Å². The molecule has 38 heteroatoms. The van der Waals surface area contributed by atoms with Gasteiger partial charge in [-0.2, -0.15) is 0 Å². The minimum Gasteiger partial charge on any atom is -2.00 e. The fourth-order valence-corrected chi connectivity index (χ4v) is 2.32. The summed E-state index contributed by atoms with van der Waals surface area (Å²) in [7, 11) is 0. The molecule has 4 aromatic rings. The van der Waals surface area contributed by atoms with Gasteiger partial charge >= 0.3 is 0 Å². The van der Waals surface area contributed by atoms with Crippen LogP contribution in [0, 0.1) is 0 Å². The van der Waals surface area contributed by atoms with Crippen molar-refractivity contribution in [1.29, 1.82) is 0 Å². The molecule has 0 radical (unpaired) electrons. The molecule has 4 N–H and O–H groups in total. The van der Waals surface area contributed by atoms with Crippen molar-refractivity contribution in [3.63, 3.8) is 0 Å². The van der Waals surface area contributed by atoms with Crippen LogP contribution in [0.25, 0.3) is 22.3 Å². The molecule has 0 spiro atoms. The van der Waals surface area contributed by atoms with Gasteiger partial charge in [-0.1, -0.05) is 0 Å². The summed E-state index contributed by atoms with van der Waals surface area (Å²) in [5.41, 5.74) is 4.90. The fraction of sp³-hybridized carbons (Fsp3) is 0. The smallest absolute Gasteiger partial charge is 0.167 e. The van der Waals surface area contributed by atoms with Gasteiger partial charge in [-0.05, 0) is 22.3 Å².